The summed E-state index contributed by atoms with van der Waals surface area (Å²) in [7, 11) is -2.46. The van der Waals surface area contributed by atoms with Crippen molar-refractivity contribution in [1.82, 2.24) is 14.7 Å². The van der Waals surface area contributed by atoms with Crippen LogP contribution < -0.4 is 10.2 Å². The van der Waals surface area contributed by atoms with Gasteiger partial charge in [-0.2, -0.15) is 29.0 Å². The number of aliphatic carboxylic acids is 1. The molecule has 5 saturated heterocycles. The molecule has 5 fully saturated rings. The molecule has 2 atom stereocenters. The molecule has 246 valence electrons. The van der Waals surface area contributed by atoms with E-state index in [-0.39, 0.29) is 16.9 Å². The molecule has 0 radical (unpaired) electrons. The smallest absolute Gasteiger partial charge is 0.475 e. The third-order valence-electron chi connectivity index (χ3n) is 9.63. The molecule has 10 nitrogen and oxygen atoms in total. The number of anilines is 2. The van der Waals surface area contributed by atoms with Crippen LogP contribution in [0.3, 0.4) is 0 Å². The number of piperidine rings is 3. The zero-order valence-electron chi connectivity index (χ0n) is 24.8. The number of carboxylic acid groups (broad SMARTS) is 1. The van der Waals surface area contributed by atoms with Gasteiger partial charge in [-0.05, 0) is 87.1 Å². The first-order chi connectivity index (χ1) is 21.8. The molecule has 1 aromatic heterocycles. The maximum atomic E-state index is 14.6. The van der Waals surface area contributed by atoms with Crippen LogP contribution in [-0.2, 0) is 4.79 Å². The molecular formula is C31H34F4N6O4S. The number of carboxylic acids is 1. The van der Waals surface area contributed by atoms with E-state index in [1.807, 2.05) is 29.0 Å². The molecular weight excluding hydrogens is 628 g/mol. The highest BCUT2D eigenvalue weighted by molar-refractivity contribution is 8.25. The number of fused-ring (bicyclic) bond motifs is 5. The Kier molecular flexibility index (Phi) is 8.43. The SMILES string of the molecule is N#Cc1ccc(-c2cc(NCC34CCN(CC3)CC4)nn2-c2ccc(N3CC4CC3CS4(O)O)cc2)cc1F.O=C(O)C(F)(F)F. The number of aromatic nitrogens is 2. The normalized spacial score (nSPS) is 26.6. The van der Waals surface area contributed by atoms with Gasteiger partial charge in [0.1, 0.15) is 17.7 Å². The first-order valence-electron chi connectivity index (χ1n) is 15.0. The number of alkyl halides is 3. The van der Waals surface area contributed by atoms with Crippen LogP contribution in [0.15, 0.2) is 48.5 Å². The second-order valence-corrected chi connectivity index (χ2v) is 14.9. The summed E-state index contributed by atoms with van der Waals surface area (Å²) in [5, 5.41) is 24.8. The summed E-state index contributed by atoms with van der Waals surface area (Å²) in [5.74, 6) is -2.10. The van der Waals surface area contributed by atoms with Crippen LogP contribution in [0.25, 0.3) is 16.9 Å². The summed E-state index contributed by atoms with van der Waals surface area (Å²) >= 11 is 0. The fourth-order valence-corrected chi connectivity index (χ4v) is 8.98. The van der Waals surface area contributed by atoms with Crippen LogP contribution >= 0.6 is 10.6 Å². The molecule has 2 aromatic carbocycles. The van der Waals surface area contributed by atoms with E-state index in [4.69, 9.17) is 15.0 Å². The Balaban J connectivity index is 0.000000480. The van der Waals surface area contributed by atoms with Crippen molar-refractivity contribution in [1.29, 1.82) is 5.26 Å². The average molecular weight is 663 g/mol. The Morgan fingerprint density at radius 2 is 1.70 bits per heavy atom. The Hall–Kier alpha value is -3.84. The van der Waals surface area contributed by atoms with E-state index in [0.29, 0.717) is 23.3 Å². The van der Waals surface area contributed by atoms with Crippen LogP contribution in [0, 0.1) is 22.6 Å². The summed E-state index contributed by atoms with van der Waals surface area (Å²) < 4.78 is 68.7. The van der Waals surface area contributed by atoms with Crippen molar-refractivity contribution in [3.8, 4) is 23.0 Å². The van der Waals surface area contributed by atoms with Gasteiger partial charge in [-0.3, -0.25) is 9.11 Å². The fraction of sp³-hybridized carbons (Fsp3) is 0.452. The van der Waals surface area contributed by atoms with E-state index in [2.05, 4.69) is 27.2 Å². The molecule has 0 spiro atoms. The molecule has 5 aliphatic heterocycles. The molecule has 15 heteroatoms. The molecule has 0 aliphatic carbocycles. The lowest BCUT2D eigenvalue weighted by atomic mass is 9.72. The Labute approximate surface area is 264 Å². The Morgan fingerprint density at radius 3 is 2.22 bits per heavy atom. The minimum Gasteiger partial charge on any atom is -0.475 e. The monoisotopic (exact) mass is 662 g/mol. The second kappa shape index (κ2) is 12.1. The molecule has 3 aromatic rings. The van der Waals surface area contributed by atoms with E-state index in [1.54, 1.807) is 6.07 Å². The van der Waals surface area contributed by atoms with Crippen molar-refractivity contribution >= 4 is 28.1 Å². The summed E-state index contributed by atoms with van der Waals surface area (Å²) in [5.41, 5.74) is 3.64. The highest BCUT2D eigenvalue weighted by atomic mass is 32.3. The van der Waals surface area contributed by atoms with Crippen molar-refractivity contribution in [2.75, 3.05) is 48.7 Å². The molecule has 4 N–H and O–H groups in total. The van der Waals surface area contributed by atoms with Gasteiger partial charge in [-0.15, -0.1) is 5.10 Å². The van der Waals surface area contributed by atoms with Gasteiger partial charge >= 0.3 is 12.1 Å². The summed E-state index contributed by atoms with van der Waals surface area (Å²) in [6, 6.07) is 16.8. The van der Waals surface area contributed by atoms with Crippen LogP contribution in [-0.4, -0.2) is 90.8 Å². The third-order valence-corrected chi connectivity index (χ3v) is 11.9. The van der Waals surface area contributed by atoms with E-state index < -0.39 is 28.6 Å². The third kappa shape index (κ3) is 6.39. The van der Waals surface area contributed by atoms with Gasteiger partial charge in [0.15, 0.2) is 0 Å². The van der Waals surface area contributed by atoms with Gasteiger partial charge < -0.3 is 20.2 Å². The number of halogens is 4. The zero-order chi connectivity index (χ0) is 32.9. The lowest BCUT2D eigenvalue weighted by Gasteiger charge is -2.48. The van der Waals surface area contributed by atoms with Gasteiger partial charge in [0.05, 0.1) is 27.9 Å². The van der Waals surface area contributed by atoms with Gasteiger partial charge in [0.25, 0.3) is 0 Å². The number of benzene rings is 2. The molecule has 0 amide bonds. The molecule has 4 bridgehead atoms. The molecule has 6 heterocycles. The summed E-state index contributed by atoms with van der Waals surface area (Å²) in [6.45, 7) is 5.02. The number of nitrogens with one attached hydrogen (secondary N) is 1. The maximum absolute atomic E-state index is 14.6. The molecule has 8 rings (SSSR count). The summed E-state index contributed by atoms with van der Waals surface area (Å²) in [6.07, 6.45) is -0.664. The molecule has 2 unspecified atom stereocenters. The van der Waals surface area contributed by atoms with Crippen molar-refractivity contribution in [2.45, 2.75) is 43.2 Å². The Morgan fingerprint density at radius 1 is 1.07 bits per heavy atom. The topological polar surface area (TPSA) is 138 Å². The molecule has 0 saturated carbocycles. The average Bonchev–Trinajstić information content (AvgIpc) is 3.73. The first-order valence-corrected chi connectivity index (χ1v) is 16.7. The standard InChI is InChI=1S/C29H33FN6O2S.C2HF3O2/c30-26-13-20(1-2-21(26)16-31)27-15-28(32-19-29-7-10-34(11-8-29)12-9-29)33-36(27)23-5-3-22(4-6-23)35-17-25-14-24(35)18-39(25,37)38;3-2(4,5)1(6)7/h1-6,13,15,24-25,37-38H,7-12,14,17-19H2,(H,32,33);(H,6,7). The highest BCUT2D eigenvalue weighted by Gasteiger charge is 2.48. The van der Waals surface area contributed by atoms with Gasteiger partial charge in [0, 0.05) is 36.4 Å². The fourth-order valence-electron chi connectivity index (χ4n) is 6.90. The van der Waals surface area contributed by atoms with Crippen LogP contribution in [0.1, 0.15) is 31.2 Å². The predicted molar refractivity (Wildman–Crippen MR) is 166 cm³/mol. The van der Waals surface area contributed by atoms with E-state index in [1.165, 1.54) is 31.4 Å². The van der Waals surface area contributed by atoms with Crippen LogP contribution in [0.2, 0.25) is 0 Å². The van der Waals surface area contributed by atoms with Crippen LogP contribution in [0.4, 0.5) is 29.1 Å². The zero-order valence-corrected chi connectivity index (χ0v) is 25.6. The lowest BCUT2D eigenvalue weighted by Crippen LogP contribution is -2.50. The van der Waals surface area contributed by atoms with E-state index in [9.17, 15) is 31.9 Å². The quantitative estimate of drug-likeness (QED) is 0.242. The van der Waals surface area contributed by atoms with Crippen LogP contribution in [0.5, 0.6) is 0 Å². The maximum Gasteiger partial charge on any atom is 0.490 e. The molecule has 46 heavy (non-hydrogen) atoms. The van der Waals surface area contributed by atoms with Crippen molar-refractivity contribution < 1.29 is 36.6 Å². The lowest BCUT2D eigenvalue weighted by molar-refractivity contribution is -0.192. The number of rotatable bonds is 6. The van der Waals surface area contributed by atoms with Gasteiger partial charge in [-0.1, -0.05) is 6.07 Å². The van der Waals surface area contributed by atoms with Gasteiger partial charge in [-0.25, -0.2) is 13.9 Å². The first kappa shape index (κ1) is 32.1. The Bertz CT molecular complexity index is 1640. The second-order valence-electron chi connectivity index (χ2n) is 12.4. The number of carbonyl (C=O) groups is 1. The largest absolute Gasteiger partial charge is 0.490 e. The number of hydrogen-bond donors (Lipinski definition) is 4. The van der Waals surface area contributed by atoms with E-state index in [0.717, 1.165) is 55.5 Å². The molecule has 5 aliphatic rings. The van der Waals surface area contributed by atoms with Gasteiger partial charge in [0.2, 0.25) is 0 Å². The summed E-state index contributed by atoms with van der Waals surface area (Å²) in [4.78, 5) is 13.7. The van der Waals surface area contributed by atoms with Crippen molar-refractivity contribution in [3.05, 3.63) is 59.9 Å². The highest BCUT2D eigenvalue weighted by Crippen LogP contribution is 2.58. The predicted octanol–water partition coefficient (Wildman–Crippen LogP) is 5.79. The number of nitriles is 1. The number of nitrogens with zero attached hydrogens (tertiary/aromatic N) is 5. The minimum atomic E-state index is -5.08. The minimum absolute atomic E-state index is 0.0202. The van der Waals surface area contributed by atoms with Crippen molar-refractivity contribution in [3.63, 3.8) is 0 Å². The van der Waals surface area contributed by atoms with E-state index >= 15 is 0 Å². The van der Waals surface area contributed by atoms with Crippen molar-refractivity contribution in [2.24, 2.45) is 5.41 Å². The number of hydrogen-bond acceptors (Lipinski definition) is 8.